The number of carbonyl (C=O) groups is 2. The number of nitrogens with one attached hydrogen (secondary N) is 1. The largest absolute Gasteiger partial charge is 0.354 e. The van der Waals surface area contributed by atoms with Crippen LogP contribution in [-0.2, 0) is 11.3 Å². The number of carbonyl (C=O) groups excluding carboxylic acids is 2. The van der Waals surface area contributed by atoms with Crippen LogP contribution in [0.15, 0.2) is 41.3 Å². The zero-order valence-corrected chi connectivity index (χ0v) is 22.2. The average Bonchev–Trinajstić information content (AvgIpc) is 3.40. The van der Waals surface area contributed by atoms with Gasteiger partial charge in [-0.25, -0.2) is 9.59 Å². The van der Waals surface area contributed by atoms with Crippen molar-refractivity contribution in [1.29, 1.82) is 0 Å². The number of hydrogen-bond acceptors (Lipinski definition) is 7. The van der Waals surface area contributed by atoms with Gasteiger partial charge in [0, 0.05) is 58.1 Å². The summed E-state index contributed by atoms with van der Waals surface area (Å²) in [4.78, 5) is 47.6. The number of rotatable bonds is 5. The summed E-state index contributed by atoms with van der Waals surface area (Å²) in [6, 6.07) is 9.57. The van der Waals surface area contributed by atoms with Crippen molar-refractivity contribution in [2.75, 3.05) is 44.6 Å². The van der Waals surface area contributed by atoms with Gasteiger partial charge in [0.15, 0.2) is 0 Å². The van der Waals surface area contributed by atoms with Gasteiger partial charge in [-0.15, -0.1) is 0 Å². The number of amides is 3. The summed E-state index contributed by atoms with van der Waals surface area (Å²) in [6.07, 6.45) is 3.89. The lowest BCUT2D eigenvalue weighted by molar-refractivity contribution is -0.137. The van der Waals surface area contributed by atoms with Crippen LogP contribution in [0.3, 0.4) is 0 Å². The summed E-state index contributed by atoms with van der Waals surface area (Å²) < 4.78 is 1.46. The molecule has 3 heterocycles. The maximum absolute atomic E-state index is 12.7. The first-order chi connectivity index (χ1) is 18.1. The third-order valence-corrected chi connectivity index (χ3v) is 7.93. The van der Waals surface area contributed by atoms with Crippen LogP contribution in [0.4, 0.5) is 10.6 Å². The molecule has 0 bridgehead atoms. The predicted molar refractivity (Wildman–Crippen MR) is 145 cm³/mol. The fourth-order valence-electron chi connectivity index (χ4n) is 5.97. The second kappa shape index (κ2) is 10.5. The van der Waals surface area contributed by atoms with Crippen LogP contribution >= 0.6 is 0 Å². The van der Waals surface area contributed by atoms with Crippen molar-refractivity contribution in [2.45, 2.75) is 44.8 Å². The van der Waals surface area contributed by atoms with Gasteiger partial charge < -0.3 is 21.3 Å². The monoisotopic (exact) mass is 522 g/mol. The highest BCUT2D eigenvalue weighted by molar-refractivity contribution is 5.89. The molecule has 3 atom stereocenters. The van der Waals surface area contributed by atoms with E-state index in [1.165, 1.54) is 10.1 Å². The topological polar surface area (TPSA) is 143 Å². The third kappa shape index (κ3) is 5.74. The summed E-state index contributed by atoms with van der Waals surface area (Å²) in [5.74, 6) is 1.50. The number of likely N-dealkylation sites (tertiary alicyclic amines) is 1. The van der Waals surface area contributed by atoms with Gasteiger partial charge in [0.2, 0.25) is 5.91 Å². The number of fused-ring (bicyclic) bond motifs is 1. The number of benzene rings is 1. The van der Waals surface area contributed by atoms with E-state index >= 15 is 0 Å². The number of hydrogen-bond donors (Lipinski definition) is 3. The molecular weight excluding hydrogens is 484 g/mol. The van der Waals surface area contributed by atoms with E-state index in [1.54, 1.807) is 35.9 Å². The van der Waals surface area contributed by atoms with Crippen molar-refractivity contribution in [3.63, 3.8) is 0 Å². The first-order valence-electron chi connectivity index (χ1n) is 13.4. The minimum Gasteiger partial charge on any atom is -0.338 e. The standard InChI is InChI=1S/C27H38N8O3/c1-27(2,29)24(36)33-9-11-34(12-10-33)25(37)30-23-7-8-35(26(38)31-23)22-5-3-18(4-6-22)15-32-16-19-13-21(28)14-20(19)17-32/h3-8,19-21H,9-17,28-29H2,1-2H3,(H,30,31,37,38)/t19-,20+,21?. The lowest BCUT2D eigenvalue weighted by Gasteiger charge is -2.37. The number of urea groups is 1. The van der Waals surface area contributed by atoms with E-state index in [0.717, 1.165) is 50.0 Å². The Bertz CT molecular complexity index is 1220. The molecule has 0 radical (unpaired) electrons. The molecule has 38 heavy (non-hydrogen) atoms. The zero-order chi connectivity index (χ0) is 27.0. The quantitative estimate of drug-likeness (QED) is 0.527. The fraction of sp³-hybridized carbons (Fsp3) is 0.556. The van der Waals surface area contributed by atoms with Crippen molar-refractivity contribution in [1.82, 2.24) is 24.3 Å². The second-order valence-electron chi connectivity index (χ2n) is 11.5. The van der Waals surface area contributed by atoms with Gasteiger partial charge in [0.1, 0.15) is 5.82 Å². The zero-order valence-electron chi connectivity index (χ0n) is 22.2. The normalized spacial score (nSPS) is 23.9. The second-order valence-corrected chi connectivity index (χ2v) is 11.5. The number of nitrogens with zero attached hydrogens (tertiary/aromatic N) is 5. The molecule has 5 rings (SSSR count). The molecule has 3 amide bonds. The van der Waals surface area contributed by atoms with E-state index in [2.05, 4.69) is 15.2 Å². The lowest BCUT2D eigenvalue weighted by Crippen LogP contribution is -2.58. The van der Waals surface area contributed by atoms with Gasteiger partial charge in [-0.1, -0.05) is 12.1 Å². The highest BCUT2D eigenvalue weighted by atomic mass is 16.2. The van der Waals surface area contributed by atoms with Crippen LogP contribution in [-0.4, -0.2) is 87.0 Å². The first-order valence-corrected chi connectivity index (χ1v) is 13.4. The smallest absolute Gasteiger partial charge is 0.338 e. The van der Waals surface area contributed by atoms with E-state index in [1.807, 2.05) is 24.3 Å². The van der Waals surface area contributed by atoms with Gasteiger partial charge >= 0.3 is 11.7 Å². The van der Waals surface area contributed by atoms with Crippen LogP contribution < -0.4 is 22.5 Å². The van der Waals surface area contributed by atoms with Crippen molar-refractivity contribution in [3.05, 3.63) is 52.6 Å². The molecule has 2 aromatic rings. The highest BCUT2D eigenvalue weighted by Crippen LogP contribution is 2.37. The van der Waals surface area contributed by atoms with Gasteiger partial charge in [0.05, 0.1) is 11.2 Å². The van der Waals surface area contributed by atoms with E-state index in [-0.39, 0.29) is 17.8 Å². The molecule has 0 spiro atoms. The van der Waals surface area contributed by atoms with Crippen LogP contribution in [0.5, 0.6) is 0 Å². The summed E-state index contributed by atoms with van der Waals surface area (Å²) in [5, 5.41) is 2.70. The van der Waals surface area contributed by atoms with Crippen LogP contribution in [0.1, 0.15) is 32.3 Å². The van der Waals surface area contributed by atoms with Crippen LogP contribution in [0.2, 0.25) is 0 Å². The summed E-state index contributed by atoms with van der Waals surface area (Å²) in [6.45, 7) is 8.03. The molecule has 1 unspecified atom stereocenters. The van der Waals surface area contributed by atoms with E-state index in [0.29, 0.717) is 32.2 Å². The third-order valence-electron chi connectivity index (χ3n) is 7.93. The fourth-order valence-corrected chi connectivity index (χ4v) is 5.97. The minimum atomic E-state index is -0.944. The first kappa shape index (κ1) is 26.3. The Hall–Kier alpha value is -3.28. The Kier molecular flexibility index (Phi) is 7.26. The van der Waals surface area contributed by atoms with E-state index in [4.69, 9.17) is 11.5 Å². The highest BCUT2D eigenvalue weighted by Gasteiger charge is 2.39. The molecule has 5 N–H and O–H groups in total. The molecule has 11 heteroatoms. The van der Waals surface area contributed by atoms with Crippen molar-refractivity contribution >= 4 is 17.8 Å². The van der Waals surface area contributed by atoms with Gasteiger partial charge in [-0.05, 0) is 62.3 Å². The molecule has 1 saturated carbocycles. The van der Waals surface area contributed by atoms with Gasteiger partial charge in [-0.2, -0.15) is 4.98 Å². The number of aromatic nitrogens is 2. The predicted octanol–water partition coefficient (Wildman–Crippen LogP) is 0.815. The maximum atomic E-state index is 12.7. The maximum Gasteiger partial charge on any atom is 0.354 e. The Morgan fingerprint density at radius 1 is 1.00 bits per heavy atom. The summed E-state index contributed by atoms with van der Waals surface area (Å²) in [7, 11) is 0. The Morgan fingerprint density at radius 2 is 1.61 bits per heavy atom. The van der Waals surface area contributed by atoms with Crippen molar-refractivity contribution in [3.8, 4) is 5.69 Å². The van der Waals surface area contributed by atoms with E-state index < -0.39 is 11.2 Å². The molecule has 2 aliphatic heterocycles. The van der Waals surface area contributed by atoms with Crippen LogP contribution in [0.25, 0.3) is 5.69 Å². The van der Waals surface area contributed by atoms with Crippen molar-refractivity contribution in [2.24, 2.45) is 23.3 Å². The lowest BCUT2D eigenvalue weighted by atomic mass is 10.0. The molecule has 1 aliphatic carbocycles. The minimum absolute atomic E-state index is 0.139. The SMILES string of the molecule is CC(C)(N)C(=O)N1CCN(C(=O)Nc2ccn(-c3ccc(CN4C[C@H]5CC(N)C[C@H]5C4)cc3)c(=O)n2)CC1. The summed E-state index contributed by atoms with van der Waals surface area (Å²) in [5.41, 5.74) is 12.5. The molecule has 1 aromatic heterocycles. The van der Waals surface area contributed by atoms with E-state index in [9.17, 15) is 14.4 Å². The molecule has 2 saturated heterocycles. The molecule has 1 aromatic carbocycles. The molecule has 11 nitrogen and oxygen atoms in total. The number of anilines is 1. The molecule has 204 valence electrons. The van der Waals surface area contributed by atoms with Gasteiger partial charge in [0.25, 0.3) is 0 Å². The number of piperazine rings is 1. The molecule has 3 aliphatic rings. The Morgan fingerprint density at radius 3 is 2.18 bits per heavy atom. The average molecular weight is 523 g/mol. The van der Waals surface area contributed by atoms with Gasteiger partial charge in [-0.3, -0.25) is 19.6 Å². The molecular formula is C27H38N8O3. The van der Waals surface area contributed by atoms with Crippen LogP contribution in [0, 0.1) is 11.8 Å². The molecule has 3 fully saturated rings. The summed E-state index contributed by atoms with van der Waals surface area (Å²) >= 11 is 0. The Balaban J connectivity index is 1.14. The Labute approximate surface area is 222 Å². The number of nitrogens with two attached hydrogens (primary N) is 2. The van der Waals surface area contributed by atoms with Crippen molar-refractivity contribution < 1.29 is 9.59 Å².